The second-order valence-electron chi connectivity index (χ2n) is 5.12. The molecular formula is C16H13F3N4O3. The number of nitrogens with zero attached hydrogens (tertiary/aromatic N) is 4. The first-order chi connectivity index (χ1) is 12.4. The summed E-state index contributed by atoms with van der Waals surface area (Å²) in [7, 11) is 0. The maximum atomic E-state index is 12.2. The molecule has 3 rings (SSSR count). The number of aliphatic hydroxyl groups is 1. The van der Waals surface area contributed by atoms with Gasteiger partial charge in [-0.25, -0.2) is 4.68 Å². The molecule has 0 aliphatic rings. The predicted molar refractivity (Wildman–Crippen MR) is 82.5 cm³/mol. The van der Waals surface area contributed by atoms with Gasteiger partial charge in [-0.2, -0.15) is 4.98 Å². The zero-order chi connectivity index (χ0) is 18.6. The van der Waals surface area contributed by atoms with Crippen molar-refractivity contribution < 1.29 is 27.8 Å². The van der Waals surface area contributed by atoms with Gasteiger partial charge in [-0.1, -0.05) is 6.07 Å². The molecule has 0 amide bonds. The van der Waals surface area contributed by atoms with Gasteiger partial charge in [0.2, 0.25) is 0 Å². The lowest BCUT2D eigenvalue weighted by Crippen LogP contribution is -2.17. The molecule has 0 aliphatic heterocycles. The predicted octanol–water partition coefficient (Wildman–Crippen LogP) is 2.63. The van der Waals surface area contributed by atoms with E-state index in [0.29, 0.717) is 11.4 Å². The molecule has 0 aliphatic carbocycles. The number of halogens is 3. The summed E-state index contributed by atoms with van der Waals surface area (Å²) in [6.07, 6.45) is -1.79. The molecule has 0 radical (unpaired) electrons. The first kappa shape index (κ1) is 17.7. The second-order valence-corrected chi connectivity index (χ2v) is 5.12. The Morgan fingerprint density at radius 3 is 2.42 bits per heavy atom. The van der Waals surface area contributed by atoms with Crippen molar-refractivity contribution in [2.75, 3.05) is 0 Å². The lowest BCUT2D eigenvalue weighted by molar-refractivity contribution is -0.274. The van der Waals surface area contributed by atoms with E-state index in [2.05, 4.69) is 19.8 Å². The highest BCUT2D eigenvalue weighted by molar-refractivity contribution is 5.36. The Morgan fingerprint density at radius 1 is 1.04 bits per heavy atom. The van der Waals surface area contributed by atoms with Crippen molar-refractivity contribution in [1.29, 1.82) is 0 Å². The maximum absolute atomic E-state index is 12.2. The summed E-state index contributed by atoms with van der Waals surface area (Å²) in [5.41, 5.74) is 1.82. The molecule has 1 N–H and O–H groups in total. The summed E-state index contributed by atoms with van der Waals surface area (Å²) in [5, 5.41) is 13.0. The summed E-state index contributed by atoms with van der Waals surface area (Å²) in [4.78, 5) is 8.01. The van der Waals surface area contributed by atoms with Crippen LogP contribution >= 0.6 is 0 Å². The van der Waals surface area contributed by atoms with Crippen molar-refractivity contribution in [3.8, 4) is 17.4 Å². The molecule has 0 atom stereocenters. The van der Waals surface area contributed by atoms with Crippen LogP contribution in [0.5, 0.6) is 11.8 Å². The highest BCUT2D eigenvalue weighted by Crippen LogP contribution is 2.23. The highest BCUT2D eigenvalue weighted by Gasteiger charge is 2.30. The summed E-state index contributed by atoms with van der Waals surface area (Å²) in [6.45, 7) is 0.0426. The Hall–Kier alpha value is -3.14. The van der Waals surface area contributed by atoms with Gasteiger partial charge in [0.05, 0.1) is 18.0 Å². The van der Waals surface area contributed by atoms with Crippen LogP contribution in [0.3, 0.4) is 0 Å². The molecule has 0 saturated heterocycles. The lowest BCUT2D eigenvalue weighted by Gasteiger charge is -2.09. The third-order valence-corrected chi connectivity index (χ3v) is 3.22. The molecule has 2 heterocycles. The lowest BCUT2D eigenvalue weighted by atomic mass is 10.3. The van der Waals surface area contributed by atoms with E-state index < -0.39 is 6.36 Å². The van der Waals surface area contributed by atoms with E-state index in [1.807, 2.05) is 0 Å². The Bertz CT molecular complexity index is 848. The van der Waals surface area contributed by atoms with Gasteiger partial charge in [-0.15, -0.1) is 18.3 Å². The van der Waals surface area contributed by atoms with Gasteiger partial charge in [-0.05, 0) is 30.3 Å². The molecule has 0 spiro atoms. The molecule has 26 heavy (non-hydrogen) atoms. The number of aromatic nitrogens is 4. The summed E-state index contributed by atoms with van der Waals surface area (Å²) >= 11 is 0. The fraction of sp³-hybridized carbons (Fsp3) is 0.188. The Labute approximate surface area is 145 Å². The number of benzene rings is 1. The van der Waals surface area contributed by atoms with Gasteiger partial charge in [0.1, 0.15) is 18.7 Å². The first-order valence-corrected chi connectivity index (χ1v) is 7.38. The maximum Gasteiger partial charge on any atom is 0.573 e. The molecular weight excluding hydrogens is 353 g/mol. The summed E-state index contributed by atoms with van der Waals surface area (Å²) in [6, 6.07) is 8.73. The SMILES string of the molecule is OCc1ccc(COc2ncn(-c3ccc(OC(F)(F)F)cc3)n2)cn1. The summed E-state index contributed by atoms with van der Waals surface area (Å²) < 4.78 is 47.1. The minimum absolute atomic E-state index is 0.104. The number of rotatable bonds is 6. The van der Waals surface area contributed by atoms with Crippen LogP contribution in [-0.2, 0) is 13.2 Å². The Balaban J connectivity index is 1.61. The first-order valence-electron chi connectivity index (χ1n) is 7.38. The number of hydrogen-bond acceptors (Lipinski definition) is 6. The van der Waals surface area contributed by atoms with Crippen molar-refractivity contribution in [2.45, 2.75) is 19.6 Å². The normalized spacial score (nSPS) is 11.4. The van der Waals surface area contributed by atoms with Gasteiger partial charge < -0.3 is 14.6 Å². The third kappa shape index (κ3) is 4.70. The van der Waals surface area contributed by atoms with E-state index >= 15 is 0 Å². The van der Waals surface area contributed by atoms with Crippen molar-refractivity contribution in [1.82, 2.24) is 19.7 Å². The number of ether oxygens (including phenoxy) is 2. The number of hydrogen-bond donors (Lipinski definition) is 1. The number of pyridine rings is 1. The van der Waals surface area contributed by atoms with Crippen molar-refractivity contribution in [3.63, 3.8) is 0 Å². The fourth-order valence-corrected chi connectivity index (χ4v) is 2.02. The van der Waals surface area contributed by atoms with Crippen LogP contribution in [0.15, 0.2) is 48.9 Å². The van der Waals surface area contributed by atoms with Gasteiger partial charge in [-0.3, -0.25) is 4.98 Å². The molecule has 3 aromatic rings. The molecule has 2 aromatic heterocycles. The average molecular weight is 366 g/mol. The van der Waals surface area contributed by atoms with Crippen LogP contribution in [0.25, 0.3) is 5.69 Å². The van der Waals surface area contributed by atoms with E-state index in [1.54, 1.807) is 18.3 Å². The molecule has 0 unspecified atom stereocenters. The Morgan fingerprint density at radius 2 is 1.81 bits per heavy atom. The molecule has 10 heteroatoms. The van der Waals surface area contributed by atoms with Crippen molar-refractivity contribution in [3.05, 3.63) is 60.2 Å². The molecule has 136 valence electrons. The minimum atomic E-state index is -4.74. The van der Waals surface area contributed by atoms with Crippen LogP contribution in [0.2, 0.25) is 0 Å². The van der Waals surface area contributed by atoms with Gasteiger partial charge in [0.25, 0.3) is 0 Å². The van der Waals surface area contributed by atoms with E-state index in [9.17, 15) is 13.2 Å². The van der Waals surface area contributed by atoms with Crippen LogP contribution in [-0.4, -0.2) is 31.2 Å². The quantitative estimate of drug-likeness (QED) is 0.722. The average Bonchev–Trinajstić information content (AvgIpc) is 3.09. The second kappa shape index (κ2) is 7.40. The largest absolute Gasteiger partial charge is 0.573 e. The molecule has 7 nitrogen and oxygen atoms in total. The molecule has 1 aromatic carbocycles. The van der Waals surface area contributed by atoms with Gasteiger partial charge in [0.15, 0.2) is 0 Å². The smallest absolute Gasteiger partial charge is 0.457 e. The molecule has 0 fully saturated rings. The number of alkyl halides is 3. The topological polar surface area (TPSA) is 82.3 Å². The Kier molecular flexibility index (Phi) is 5.03. The van der Waals surface area contributed by atoms with E-state index in [1.165, 1.54) is 35.3 Å². The fourth-order valence-electron chi connectivity index (χ4n) is 2.02. The zero-order valence-corrected chi connectivity index (χ0v) is 13.2. The van der Waals surface area contributed by atoms with E-state index in [-0.39, 0.29) is 25.0 Å². The van der Waals surface area contributed by atoms with Crippen LogP contribution in [0.4, 0.5) is 13.2 Å². The van der Waals surface area contributed by atoms with E-state index in [4.69, 9.17) is 9.84 Å². The molecule has 0 saturated carbocycles. The standard InChI is InChI=1S/C16H13F3N4O3/c17-16(18,19)26-14-5-3-13(4-6-14)23-10-21-15(22-23)25-9-11-1-2-12(8-24)20-7-11/h1-7,10,24H,8-9H2. The monoisotopic (exact) mass is 366 g/mol. The van der Waals surface area contributed by atoms with Gasteiger partial charge in [0, 0.05) is 11.8 Å². The highest BCUT2D eigenvalue weighted by atomic mass is 19.4. The van der Waals surface area contributed by atoms with Crippen molar-refractivity contribution in [2.24, 2.45) is 0 Å². The van der Waals surface area contributed by atoms with Crippen LogP contribution in [0, 0.1) is 0 Å². The zero-order valence-electron chi connectivity index (χ0n) is 13.2. The third-order valence-electron chi connectivity index (χ3n) is 3.22. The van der Waals surface area contributed by atoms with Crippen molar-refractivity contribution >= 4 is 0 Å². The van der Waals surface area contributed by atoms with Crippen LogP contribution < -0.4 is 9.47 Å². The van der Waals surface area contributed by atoms with Gasteiger partial charge >= 0.3 is 12.4 Å². The van der Waals surface area contributed by atoms with E-state index in [0.717, 1.165) is 5.56 Å². The molecule has 0 bridgehead atoms. The minimum Gasteiger partial charge on any atom is -0.457 e. The summed E-state index contributed by atoms with van der Waals surface area (Å²) in [5.74, 6) is -0.323. The van der Waals surface area contributed by atoms with Crippen LogP contribution in [0.1, 0.15) is 11.3 Å². The number of aliphatic hydroxyl groups excluding tert-OH is 1.